The van der Waals surface area contributed by atoms with Crippen molar-refractivity contribution in [1.29, 1.82) is 0 Å². The molecular weight excluding hydrogens is 342 g/mol. The second-order valence-electron chi connectivity index (χ2n) is 6.68. The molecule has 6 heteroatoms. The predicted molar refractivity (Wildman–Crippen MR) is 107 cm³/mol. The number of non-ortho nitro benzene ring substituents is 1. The third kappa shape index (κ3) is 4.28. The van der Waals surface area contributed by atoms with Crippen LogP contribution in [0.1, 0.15) is 36.5 Å². The molecule has 0 saturated carbocycles. The third-order valence-corrected chi connectivity index (χ3v) is 4.48. The second-order valence-corrected chi connectivity index (χ2v) is 6.68. The summed E-state index contributed by atoms with van der Waals surface area (Å²) in [5, 5.41) is 11.0. The monoisotopic (exact) mass is 363 g/mol. The minimum absolute atomic E-state index is 0.0183. The number of rotatable bonds is 4. The molecule has 0 aromatic heterocycles. The highest BCUT2D eigenvalue weighted by atomic mass is 16.6. The van der Waals surface area contributed by atoms with E-state index >= 15 is 0 Å². The zero-order valence-electron chi connectivity index (χ0n) is 15.3. The van der Waals surface area contributed by atoms with Crippen LogP contribution >= 0.6 is 0 Å². The van der Waals surface area contributed by atoms with Crippen LogP contribution in [-0.2, 0) is 4.79 Å². The Kier molecular flexibility index (Phi) is 5.45. The van der Waals surface area contributed by atoms with Crippen molar-refractivity contribution in [1.82, 2.24) is 0 Å². The van der Waals surface area contributed by atoms with Crippen LogP contribution in [0.15, 0.2) is 53.5 Å². The molecule has 0 unspecified atom stereocenters. The van der Waals surface area contributed by atoms with Gasteiger partial charge in [-0.15, -0.1) is 0 Å². The summed E-state index contributed by atoms with van der Waals surface area (Å²) in [6.07, 6.45) is 4.90. The number of hydrogen-bond acceptors (Lipinski definition) is 4. The molecule has 2 aromatic rings. The van der Waals surface area contributed by atoms with Crippen LogP contribution in [0.3, 0.4) is 0 Å². The fourth-order valence-corrected chi connectivity index (χ4v) is 2.92. The molecule has 3 rings (SSSR count). The molecule has 0 atom stereocenters. The van der Waals surface area contributed by atoms with Gasteiger partial charge in [0, 0.05) is 36.5 Å². The molecule has 1 aliphatic rings. The largest absolute Gasteiger partial charge is 0.306 e. The van der Waals surface area contributed by atoms with E-state index in [9.17, 15) is 14.9 Å². The highest BCUT2D eigenvalue weighted by molar-refractivity contribution is 6.07. The van der Waals surface area contributed by atoms with Gasteiger partial charge >= 0.3 is 0 Å². The number of aliphatic imine (C=N–C) groups is 1. The fraction of sp³-hybridized carbons (Fsp3) is 0.238. The first-order valence-corrected chi connectivity index (χ1v) is 8.83. The molecule has 1 amide bonds. The Bertz CT molecular complexity index is 915. The normalized spacial score (nSPS) is 13.7. The Hall–Kier alpha value is -3.28. The van der Waals surface area contributed by atoms with Gasteiger partial charge in [0.2, 0.25) is 0 Å². The molecule has 0 saturated heterocycles. The lowest BCUT2D eigenvalue weighted by atomic mass is 10.0. The Morgan fingerprint density at radius 2 is 1.96 bits per heavy atom. The van der Waals surface area contributed by atoms with Crippen molar-refractivity contribution < 1.29 is 9.72 Å². The van der Waals surface area contributed by atoms with E-state index in [2.05, 4.69) is 31.0 Å². The first kappa shape index (κ1) is 18.5. The summed E-state index contributed by atoms with van der Waals surface area (Å²) in [6, 6.07) is 12.6. The van der Waals surface area contributed by atoms with Crippen LogP contribution in [0, 0.1) is 10.1 Å². The van der Waals surface area contributed by atoms with Gasteiger partial charge in [0.25, 0.3) is 11.6 Å². The lowest BCUT2D eigenvalue weighted by Gasteiger charge is -2.20. The molecule has 1 heterocycles. The quantitative estimate of drug-likeness (QED) is 0.464. The lowest BCUT2D eigenvalue weighted by molar-refractivity contribution is -0.384. The van der Waals surface area contributed by atoms with Gasteiger partial charge in [-0.25, -0.2) is 0 Å². The molecule has 0 spiro atoms. The molecule has 1 aliphatic heterocycles. The van der Waals surface area contributed by atoms with Gasteiger partial charge in [0.1, 0.15) is 0 Å². The smallest absolute Gasteiger partial charge is 0.270 e. The molecule has 0 fully saturated rings. The molecule has 0 bridgehead atoms. The molecule has 27 heavy (non-hydrogen) atoms. The van der Waals surface area contributed by atoms with Gasteiger partial charge in [-0.3, -0.25) is 19.9 Å². The van der Waals surface area contributed by atoms with Crippen molar-refractivity contribution in [3.63, 3.8) is 0 Å². The van der Waals surface area contributed by atoms with Gasteiger partial charge in [0.05, 0.1) is 17.2 Å². The molecule has 6 nitrogen and oxygen atoms in total. The minimum Gasteiger partial charge on any atom is -0.306 e. The Morgan fingerprint density at radius 3 is 2.63 bits per heavy atom. The number of fused-ring (bicyclic) bond motifs is 1. The summed E-state index contributed by atoms with van der Waals surface area (Å²) in [7, 11) is 0. The highest BCUT2D eigenvalue weighted by Gasteiger charge is 2.20. The highest BCUT2D eigenvalue weighted by Crippen LogP contribution is 2.26. The summed E-state index contributed by atoms with van der Waals surface area (Å²) in [6.45, 7) is 5.15. The van der Waals surface area contributed by atoms with E-state index in [1.807, 2.05) is 12.1 Å². The van der Waals surface area contributed by atoms with Crippen LogP contribution in [0.25, 0.3) is 6.08 Å². The predicted octanol–water partition coefficient (Wildman–Crippen LogP) is 4.20. The standard InChI is InChI=1S/C21H21N3O3/c1-15(2)17-6-3-16(4-7-17)5-10-21(25)23-12-11-22-14-18-13-19(24(26)27)8-9-20(18)23/h3-10,13-15H,11-12H2,1-2H3/b10-5+. The topological polar surface area (TPSA) is 75.8 Å². The van der Waals surface area contributed by atoms with Crippen LogP contribution in [0.4, 0.5) is 11.4 Å². The first-order valence-electron chi connectivity index (χ1n) is 8.83. The number of carbonyl (C=O) groups is 1. The van der Waals surface area contributed by atoms with E-state index in [4.69, 9.17) is 0 Å². The molecule has 2 aromatic carbocycles. The molecule has 0 N–H and O–H groups in total. The zero-order valence-corrected chi connectivity index (χ0v) is 15.3. The maximum atomic E-state index is 12.7. The van der Waals surface area contributed by atoms with Gasteiger partial charge < -0.3 is 4.90 Å². The van der Waals surface area contributed by atoms with Gasteiger partial charge in [0.15, 0.2) is 0 Å². The zero-order chi connectivity index (χ0) is 19.4. The van der Waals surface area contributed by atoms with Gasteiger partial charge in [-0.2, -0.15) is 0 Å². The van der Waals surface area contributed by atoms with Crippen molar-refractivity contribution in [2.45, 2.75) is 19.8 Å². The average molecular weight is 363 g/mol. The number of carbonyl (C=O) groups excluding carboxylic acids is 1. The number of amides is 1. The Balaban J connectivity index is 1.82. The second kappa shape index (κ2) is 7.95. The number of benzodiazepines with no additional fused rings is 1. The van der Waals surface area contributed by atoms with E-state index in [0.717, 1.165) is 5.56 Å². The van der Waals surface area contributed by atoms with E-state index in [1.54, 1.807) is 23.3 Å². The minimum atomic E-state index is -0.452. The first-order chi connectivity index (χ1) is 13.0. The fourth-order valence-electron chi connectivity index (χ4n) is 2.92. The number of hydrogen-bond donors (Lipinski definition) is 0. The molecule has 0 aliphatic carbocycles. The van der Waals surface area contributed by atoms with Crippen LogP contribution in [0.5, 0.6) is 0 Å². The maximum Gasteiger partial charge on any atom is 0.270 e. The van der Waals surface area contributed by atoms with Gasteiger partial charge in [-0.1, -0.05) is 38.1 Å². The molecule has 0 radical (unpaired) electrons. The Labute approximate surface area is 158 Å². The van der Waals surface area contributed by atoms with E-state index in [-0.39, 0.29) is 11.6 Å². The van der Waals surface area contributed by atoms with E-state index in [1.165, 1.54) is 23.8 Å². The van der Waals surface area contributed by atoms with Crippen molar-refractivity contribution >= 4 is 29.6 Å². The number of anilines is 1. The molecular formula is C21H21N3O3. The summed E-state index contributed by atoms with van der Waals surface area (Å²) < 4.78 is 0. The number of benzene rings is 2. The maximum absolute atomic E-state index is 12.7. The van der Waals surface area contributed by atoms with Crippen molar-refractivity contribution in [2.24, 2.45) is 4.99 Å². The number of nitro groups is 1. The summed E-state index contributed by atoms with van der Waals surface area (Å²) >= 11 is 0. The lowest BCUT2D eigenvalue weighted by Crippen LogP contribution is -2.31. The average Bonchev–Trinajstić information content (AvgIpc) is 2.88. The van der Waals surface area contributed by atoms with Gasteiger partial charge in [-0.05, 0) is 29.2 Å². The van der Waals surface area contributed by atoms with E-state index < -0.39 is 4.92 Å². The summed E-state index contributed by atoms with van der Waals surface area (Å²) in [5.74, 6) is 0.283. The number of nitro benzene ring substituents is 1. The third-order valence-electron chi connectivity index (χ3n) is 4.48. The number of nitrogens with zero attached hydrogens (tertiary/aromatic N) is 3. The van der Waals surface area contributed by atoms with Crippen molar-refractivity contribution in [2.75, 3.05) is 18.0 Å². The van der Waals surface area contributed by atoms with Crippen molar-refractivity contribution in [3.8, 4) is 0 Å². The summed E-state index contributed by atoms with van der Waals surface area (Å²) in [4.78, 5) is 29.1. The van der Waals surface area contributed by atoms with Crippen LogP contribution < -0.4 is 4.90 Å². The SMILES string of the molecule is CC(C)c1ccc(/C=C/C(=O)N2CCN=Cc3cc([N+](=O)[O-])ccc32)cc1. The van der Waals surface area contributed by atoms with Crippen LogP contribution in [-0.4, -0.2) is 30.1 Å². The summed E-state index contributed by atoms with van der Waals surface area (Å²) in [5.41, 5.74) is 3.38. The molecule has 138 valence electrons. The van der Waals surface area contributed by atoms with Crippen LogP contribution in [0.2, 0.25) is 0 Å². The Morgan fingerprint density at radius 1 is 1.22 bits per heavy atom. The van der Waals surface area contributed by atoms with Crippen molar-refractivity contribution in [3.05, 3.63) is 75.3 Å². The van der Waals surface area contributed by atoms with E-state index in [0.29, 0.717) is 30.3 Å².